The quantitative estimate of drug-likeness (QED) is 0.302. The van der Waals surface area contributed by atoms with Crippen LogP contribution in [0.3, 0.4) is 0 Å². The van der Waals surface area contributed by atoms with E-state index < -0.39 is 0 Å². The zero-order chi connectivity index (χ0) is 21.8. The van der Waals surface area contributed by atoms with Gasteiger partial charge in [-0.1, -0.05) is 91.0 Å². The van der Waals surface area contributed by atoms with E-state index in [-0.39, 0.29) is 0 Å². The minimum absolute atomic E-state index is 0.879. The van der Waals surface area contributed by atoms with Crippen LogP contribution in [-0.4, -0.2) is 6.54 Å². The van der Waals surface area contributed by atoms with Crippen LogP contribution in [0, 0.1) is 6.07 Å². The van der Waals surface area contributed by atoms with Gasteiger partial charge in [-0.05, 0) is 36.6 Å². The number of hydrogen-bond acceptors (Lipinski definition) is 2. The zero-order valence-electron chi connectivity index (χ0n) is 18.1. The summed E-state index contributed by atoms with van der Waals surface area (Å²) in [4.78, 5) is 2.35. The van der Waals surface area contributed by atoms with Gasteiger partial charge in [0.05, 0.1) is 5.69 Å². The Labute approximate surface area is 189 Å². The number of hydrogen-bond donors (Lipinski definition) is 1. The standard InChI is InChI=1S/C30H25N2/c1-2-32(24-15-4-3-5-16-24)30-22-11-9-19-27(30)26-18-8-10-20-29(26)31-28-21-12-14-23-13-6-7-17-25(23)28/h3-19,21-22,31H,2H2,1H3. The second-order valence-electron chi connectivity index (χ2n) is 7.71. The summed E-state index contributed by atoms with van der Waals surface area (Å²) in [5.41, 5.74) is 6.73. The zero-order valence-corrected chi connectivity index (χ0v) is 18.1. The first-order chi connectivity index (χ1) is 15.8. The molecule has 1 N–H and O–H groups in total. The van der Waals surface area contributed by atoms with Gasteiger partial charge in [-0.25, -0.2) is 0 Å². The van der Waals surface area contributed by atoms with Crippen molar-refractivity contribution in [3.63, 3.8) is 0 Å². The lowest BCUT2D eigenvalue weighted by atomic mass is 10.00. The molecule has 2 nitrogen and oxygen atoms in total. The van der Waals surface area contributed by atoms with Gasteiger partial charge < -0.3 is 10.2 Å². The van der Waals surface area contributed by atoms with Crippen molar-refractivity contribution in [3.05, 3.63) is 121 Å². The molecule has 0 spiro atoms. The summed E-state index contributed by atoms with van der Waals surface area (Å²) in [6.45, 7) is 3.07. The van der Waals surface area contributed by atoms with Crippen LogP contribution in [0.15, 0.2) is 115 Å². The van der Waals surface area contributed by atoms with Crippen LogP contribution >= 0.6 is 0 Å². The number of anilines is 4. The van der Waals surface area contributed by atoms with Crippen LogP contribution in [0.2, 0.25) is 0 Å². The summed E-state index contributed by atoms with van der Waals surface area (Å²) in [5, 5.41) is 6.08. The monoisotopic (exact) mass is 413 g/mol. The summed E-state index contributed by atoms with van der Waals surface area (Å²) >= 11 is 0. The first-order valence-electron chi connectivity index (χ1n) is 11.0. The molecule has 0 bridgehead atoms. The van der Waals surface area contributed by atoms with Gasteiger partial charge in [-0.3, -0.25) is 0 Å². The third-order valence-electron chi connectivity index (χ3n) is 5.77. The Balaban J connectivity index is 1.61. The predicted octanol–water partition coefficient (Wildman–Crippen LogP) is 8.21. The lowest BCUT2D eigenvalue weighted by Gasteiger charge is -2.27. The Hall–Kier alpha value is -4.04. The molecule has 0 saturated heterocycles. The topological polar surface area (TPSA) is 15.3 Å². The molecule has 0 amide bonds. The fourth-order valence-electron chi connectivity index (χ4n) is 4.27. The highest BCUT2D eigenvalue weighted by Gasteiger charge is 2.15. The average Bonchev–Trinajstić information content (AvgIpc) is 2.86. The van der Waals surface area contributed by atoms with E-state index in [4.69, 9.17) is 0 Å². The van der Waals surface area contributed by atoms with Crippen LogP contribution < -0.4 is 10.2 Å². The second-order valence-corrected chi connectivity index (χ2v) is 7.71. The first kappa shape index (κ1) is 19.9. The van der Waals surface area contributed by atoms with E-state index in [1.807, 2.05) is 6.07 Å². The Bertz CT molecular complexity index is 1340. The summed E-state index contributed by atoms with van der Waals surface area (Å²) in [7, 11) is 0. The Kier molecular flexibility index (Phi) is 5.59. The molecule has 0 aromatic heterocycles. The van der Waals surface area contributed by atoms with Gasteiger partial charge in [0.2, 0.25) is 0 Å². The number of nitrogens with zero attached hydrogens (tertiary/aromatic N) is 1. The Morgan fingerprint density at radius 3 is 2.28 bits per heavy atom. The molecule has 5 rings (SSSR count). The van der Waals surface area contributed by atoms with Crippen LogP contribution in [0.5, 0.6) is 0 Å². The summed E-state index contributed by atoms with van der Waals surface area (Å²) in [5.74, 6) is 0. The maximum Gasteiger partial charge on any atom is 0.0545 e. The SMILES string of the molecule is CCN(c1ccccc1)c1ccccc1-c1ccc[c]c1Nc1cccc2ccccc12. The van der Waals surface area contributed by atoms with Crippen molar-refractivity contribution in [1.29, 1.82) is 0 Å². The van der Waals surface area contributed by atoms with E-state index in [2.05, 4.69) is 132 Å². The normalized spacial score (nSPS) is 10.8. The van der Waals surface area contributed by atoms with E-state index in [9.17, 15) is 0 Å². The molecule has 0 aliphatic carbocycles. The summed E-state index contributed by atoms with van der Waals surface area (Å²) < 4.78 is 0. The molecule has 155 valence electrons. The number of nitrogens with one attached hydrogen (secondary N) is 1. The maximum atomic E-state index is 3.66. The molecule has 0 saturated carbocycles. The van der Waals surface area contributed by atoms with E-state index in [1.165, 1.54) is 27.7 Å². The number of rotatable bonds is 6. The van der Waals surface area contributed by atoms with Crippen LogP contribution in [0.25, 0.3) is 21.9 Å². The van der Waals surface area contributed by atoms with Crippen molar-refractivity contribution in [2.24, 2.45) is 0 Å². The fraction of sp³-hybridized carbons (Fsp3) is 0.0667. The van der Waals surface area contributed by atoms with Gasteiger partial charge in [-0.15, -0.1) is 0 Å². The Morgan fingerprint density at radius 1 is 0.688 bits per heavy atom. The van der Waals surface area contributed by atoms with Crippen molar-refractivity contribution >= 4 is 33.5 Å². The van der Waals surface area contributed by atoms with E-state index in [1.54, 1.807) is 0 Å². The molecule has 0 aliphatic rings. The van der Waals surface area contributed by atoms with Crippen LogP contribution in [0.4, 0.5) is 22.7 Å². The fourth-order valence-corrected chi connectivity index (χ4v) is 4.27. The first-order valence-corrected chi connectivity index (χ1v) is 11.0. The van der Waals surface area contributed by atoms with Crippen molar-refractivity contribution in [3.8, 4) is 11.1 Å². The number of benzene rings is 5. The van der Waals surface area contributed by atoms with Crippen molar-refractivity contribution in [1.82, 2.24) is 0 Å². The highest BCUT2D eigenvalue weighted by Crippen LogP contribution is 2.39. The minimum Gasteiger partial charge on any atom is -0.354 e. The van der Waals surface area contributed by atoms with Crippen LogP contribution in [0.1, 0.15) is 6.92 Å². The third-order valence-corrected chi connectivity index (χ3v) is 5.77. The molecular formula is C30H25N2. The van der Waals surface area contributed by atoms with Crippen molar-refractivity contribution < 1.29 is 0 Å². The maximum absolute atomic E-state index is 3.66. The average molecular weight is 414 g/mol. The molecule has 0 heterocycles. The van der Waals surface area contributed by atoms with Crippen LogP contribution in [-0.2, 0) is 0 Å². The largest absolute Gasteiger partial charge is 0.354 e. The van der Waals surface area contributed by atoms with Gasteiger partial charge in [0, 0.05) is 46.2 Å². The third kappa shape index (κ3) is 3.83. The lowest BCUT2D eigenvalue weighted by Crippen LogP contribution is -2.16. The van der Waals surface area contributed by atoms with E-state index in [0.29, 0.717) is 0 Å². The highest BCUT2D eigenvalue weighted by molar-refractivity contribution is 5.97. The molecule has 5 aromatic rings. The molecular weight excluding hydrogens is 388 g/mol. The minimum atomic E-state index is 0.879. The van der Waals surface area contributed by atoms with Gasteiger partial charge in [0.15, 0.2) is 0 Å². The number of fused-ring (bicyclic) bond motifs is 1. The molecule has 32 heavy (non-hydrogen) atoms. The molecule has 0 fully saturated rings. The van der Waals surface area contributed by atoms with Gasteiger partial charge in [0.25, 0.3) is 0 Å². The smallest absolute Gasteiger partial charge is 0.0545 e. The van der Waals surface area contributed by atoms with Crippen molar-refractivity contribution in [2.45, 2.75) is 6.92 Å². The lowest BCUT2D eigenvalue weighted by molar-refractivity contribution is 1.02. The van der Waals surface area contributed by atoms with E-state index >= 15 is 0 Å². The highest BCUT2D eigenvalue weighted by atomic mass is 15.1. The Morgan fingerprint density at radius 2 is 1.41 bits per heavy atom. The molecule has 5 aromatic carbocycles. The molecule has 0 unspecified atom stereocenters. The molecule has 0 atom stereocenters. The molecule has 1 radical (unpaired) electrons. The predicted molar refractivity (Wildman–Crippen MR) is 137 cm³/mol. The summed E-state index contributed by atoms with van der Waals surface area (Å²) in [6, 6.07) is 43.6. The molecule has 0 aliphatic heterocycles. The molecule has 2 heteroatoms. The van der Waals surface area contributed by atoms with E-state index in [0.717, 1.165) is 23.5 Å². The summed E-state index contributed by atoms with van der Waals surface area (Å²) in [6.07, 6.45) is 0. The number of para-hydroxylation sites is 3. The van der Waals surface area contributed by atoms with Gasteiger partial charge >= 0.3 is 0 Å². The van der Waals surface area contributed by atoms with Gasteiger partial charge in [-0.2, -0.15) is 0 Å². The van der Waals surface area contributed by atoms with Gasteiger partial charge in [0.1, 0.15) is 0 Å². The second kappa shape index (κ2) is 8.99. The van der Waals surface area contributed by atoms with Crippen molar-refractivity contribution in [2.75, 3.05) is 16.8 Å².